The van der Waals surface area contributed by atoms with Gasteiger partial charge in [-0.05, 0) is 38.4 Å². The smallest absolute Gasteiger partial charge is 0.255 e. The molecule has 0 radical (unpaired) electrons. The molecule has 17 heavy (non-hydrogen) atoms. The Kier molecular flexibility index (Phi) is 4.97. The topological polar surface area (TPSA) is 75.3 Å². The van der Waals surface area contributed by atoms with Gasteiger partial charge >= 0.3 is 0 Å². The van der Waals surface area contributed by atoms with E-state index in [4.69, 9.17) is 5.73 Å². The van der Waals surface area contributed by atoms with Crippen molar-refractivity contribution in [1.82, 2.24) is 5.32 Å². The van der Waals surface area contributed by atoms with Crippen molar-refractivity contribution in [3.8, 4) is 5.75 Å². The fourth-order valence-electron chi connectivity index (χ4n) is 1.67. The van der Waals surface area contributed by atoms with Crippen molar-refractivity contribution in [3.05, 3.63) is 29.3 Å². The third-order valence-electron chi connectivity index (χ3n) is 2.74. The van der Waals surface area contributed by atoms with Crippen molar-refractivity contribution in [2.45, 2.75) is 32.7 Å². The van der Waals surface area contributed by atoms with Gasteiger partial charge in [-0.2, -0.15) is 0 Å². The summed E-state index contributed by atoms with van der Waals surface area (Å²) >= 11 is 0. The molecule has 1 unspecified atom stereocenters. The van der Waals surface area contributed by atoms with Gasteiger partial charge in [0.1, 0.15) is 5.75 Å². The minimum absolute atomic E-state index is 0.00991. The van der Waals surface area contributed by atoms with E-state index >= 15 is 0 Å². The minimum atomic E-state index is -0.244. The molecule has 1 rings (SSSR count). The SMILES string of the molecule is CCC(CCN)NC(=O)c1cc(C)ccc1O. The number of phenolic OH excluding ortho intramolecular Hbond substituents is 1. The highest BCUT2D eigenvalue weighted by Gasteiger charge is 2.14. The van der Waals surface area contributed by atoms with Crippen LogP contribution in [0.2, 0.25) is 0 Å². The maximum Gasteiger partial charge on any atom is 0.255 e. The van der Waals surface area contributed by atoms with Crippen LogP contribution in [-0.2, 0) is 0 Å². The summed E-state index contributed by atoms with van der Waals surface area (Å²) in [5.74, 6) is -0.234. The first-order valence-electron chi connectivity index (χ1n) is 5.89. The normalized spacial score (nSPS) is 12.2. The van der Waals surface area contributed by atoms with E-state index in [1.165, 1.54) is 6.07 Å². The molecule has 0 aliphatic carbocycles. The Morgan fingerprint density at radius 2 is 2.24 bits per heavy atom. The van der Waals surface area contributed by atoms with Crippen LogP contribution in [-0.4, -0.2) is 23.6 Å². The van der Waals surface area contributed by atoms with Crippen LogP contribution < -0.4 is 11.1 Å². The molecule has 0 aliphatic heterocycles. The standard InChI is InChI=1S/C13H20N2O2/c1-3-10(6-7-14)15-13(17)11-8-9(2)4-5-12(11)16/h4-5,8,10,16H,3,6-7,14H2,1-2H3,(H,15,17). The fourth-order valence-corrected chi connectivity index (χ4v) is 1.67. The quantitative estimate of drug-likeness (QED) is 0.726. The van der Waals surface area contributed by atoms with Gasteiger partial charge in [0, 0.05) is 6.04 Å². The van der Waals surface area contributed by atoms with Gasteiger partial charge in [0.15, 0.2) is 0 Å². The Labute approximate surface area is 102 Å². The van der Waals surface area contributed by atoms with E-state index in [0.29, 0.717) is 12.1 Å². The summed E-state index contributed by atoms with van der Waals surface area (Å²) in [7, 11) is 0. The molecule has 4 N–H and O–H groups in total. The second-order valence-electron chi connectivity index (χ2n) is 4.18. The lowest BCUT2D eigenvalue weighted by molar-refractivity contribution is 0.0931. The molecule has 1 aromatic carbocycles. The highest BCUT2D eigenvalue weighted by atomic mass is 16.3. The van der Waals surface area contributed by atoms with Crippen LogP contribution in [0.25, 0.3) is 0 Å². The van der Waals surface area contributed by atoms with E-state index in [1.54, 1.807) is 12.1 Å². The fraction of sp³-hybridized carbons (Fsp3) is 0.462. The Morgan fingerprint density at radius 1 is 1.53 bits per heavy atom. The largest absolute Gasteiger partial charge is 0.507 e. The molecule has 4 heteroatoms. The van der Waals surface area contributed by atoms with Crippen LogP contribution in [0.15, 0.2) is 18.2 Å². The van der Waals surface area contributed by atoms with Gasteiger partial charge in [0.05, 0.1) is 5.56 Å². The second-order valence-corrected chi connectivity index (χ2v) is 4.18. The van der Waals surface area contributed by atoms with Gasteiger partial charge in [0.2, 0.25) is 0 Å². The van der Waals surface area contributed by atoms with Crippen molar-refractivity contribution < 1.29 is 9.90 Å². The summed E-state index contributed by atoms with van der Waals surface area (Å²) < 4.78 is 0. The Morgan fingerprint density at radius 3 is 2.82 bits per heavy atom. The van der Waals surface area contributed by atoms with Crippen molar-refractivity contribution in [2.24, 2.45) is 5.73 Å². The van der Waals surface area contributed by atoms with E-state index in [9.17, 15) is 9.90 Å². The molecule has 0 fully saturated rings. The highest BCUT2D eigenvalue weighted by Crippen LogP contribution is 2.18. The van der Waals surface area contributed by atoms with Crippen LogP contribution >= 0.6 is 0 Å². The first kappa shape index (κ1) is 13.5. The lowest BCUT2D eigenvalue weighted by Gasteiger charge is -2.16. The molecule has 94 valence electrons. The molecule has 0 aromatic heterocycles. The van der Waals surface area contributed by atoms with Crippen LogP contribution in [0, 0.1) is 6.92 Å². The highest BCUT2D eigenvalue weighted by molar-refractivity contribution is 5.97. The van der Waals surface area contributed by atoms with E-state index in [0.717, 1.165) is 18.4 Å². The van der Waals surface area contributed by atoms with Gasteiger partial charge in [-0.1, -0.05) is 18.6 Å². The summed E-state index contributed by atoms with van der Waals surface area (Å²) in [6, 6.07) is 5.05. The number of carbonyl (C=O) groups excluding carboxylic acids is 1. The third kappa shape index (κ3) is 3.75. The average molecular weight is 236 g/mol. The molecular formula is C13H20N2O2. The molecule has 0 saturated heterocycles. The van der Waals surface area contributed by atoms with Crippen LogP contribution in [0.5, 0.6) is 5.75 Å². The summed E-state index contributed by atoms with van der Waals surface area (Å²) in [5.41, 5.74) is 6.74. The number of rotatable bonds is 5. The first-order chi connectivity index (χ1) is 8.08. The summed E-state index contributed by atoms with van der Waals surface area (Å²) in [4.78, 5) is 11.9. The number of amides is 1. The van der Waals surface area contributed by atoms with Crippen LogP contribution in [0.3, 0.4) is 0 Å². The van der Waals surface area contributed by atoms with Crippen molar-refractivity contribution in [1.29, 1.82) is 0 Å². The van der Waals surface area contributed by atoms with E-state index in [-0.39, 0.29) is 17.7 Å². The van der Waals surface area contributed by atoms with Crippen molar-refractivity contribution >= 4 is 5.91 Å². The molecule has 0 heterocycles. The number of phenols is 1. The molecule has 0 aliphatic rings. The van der Waals surface area contributed by atoms with Crippen LogP contribution in [0.4, 0.5) is 0 Å². The number of nitrogens with one attached hydrogen (secondary N) is 1. The predicted octanol–water partition coefficient (Wildman–Crippen LogP) is 1.56. The lowest BCUT2D eigenvalue weighted by atomic mass is 10.1. The Balaban J connectivity index is 2.78. The second kappa shape index (κ2) is 6.25. The number of carbonyl (C=O) groups is 1. The number of nitrogens with two attached hydrogens (primary N) is 1. The molecule has 0 spiro atoms. The summed E-state index contributed by atoms with van der Waals surface area (Å²) in [6.45, 7) is 4.42. The predicted molar refractivity (Wildman–Crippen MR) is 68.1 cm³/mol. The molecular weight excluding hydrogens is 216 g/mol. The van der Waals surface area contributed by atoms with E-state index in [1.807, 2.05) is 13.8 Å². The molecule has 1 aromatic rings. The lowest BCUT2D eigenvalue weighted by Crippen LogP contribution is -2.35. The van der Waals surface area contributed by atoms with Gasteiger partial charge in [-0.25, -0.2) is 0 Å². The Bertz CT molecular complexity index is 391. The van der Waals surface area contributed by atoms with Crippen LogP contribution in [0.1, 0.15) is 35.7 Å². The Hall–Kier alpha value is -1.55. The molecule has 1 amide bonds. The zero-order chi connectivity index (χ0) is 12.8. The van der Waals surface area contributed by atoms with Gasteiger partial charge < -0.3 is 16.2 Å². The minimum Gasteiger partial charge on any atom is -0.507 e. The number of hydrogen-bond donors (Lipinski definition) is 3. The molecule has 0 bridgehead atoms. The van der Waals surface area contributed by atoms with E-state index in [2.05, 4.69) is 5.32 Å². The number of hydrogen-bond acceptors (Lipinski definition) is 3. The van der Waals surface area contributed by atoms with Crippen molar-refractivity contribution in [2.75, 3.05) is 6.54 Å². The van der Waals surface area contributed by atoms with Gasteiger partial charge in [0.25, 0.3) is 5.91 Å². The maximum atomic E-state index is 11.9. The summed E-state index contributed by atoms with van der Waals surface area (Å²) in [6.07, 6.45) is 1.57. The number of benzene rings is 1. The number of aryl methyl sites for hydroxylation is 1. The monoisotopic (exact) mass is 236 g/mol. The van der Waals surface area contributed by atoms with Gasteiger partial charge in [-0.15, -0.1) is 0 Å². The van der Waals surface area contributed by atoms with Gasteiger partial charge in [-0.3, -0.25) is 4.79 Å². The molecule has 0 saturated carbocycles. The first-order valence-corrected chi connectivity index (χ1v) is 5.89. The van der Waals surface area contributed by atoms with E-state index < -0.39 is 0 Å². The molecule has 1 atom stereocenters. The number of aromatic hydroxyl groups is 1. The van der Waals surface area contributed by atoms with Crippen molar-refractivity contribution in [3.63, 3.8) is 0 Å². The average Bonchev–Trinajstić information content (AvgIpc) is 2.31. The zero-order valence-electron chi connectivity index (χ0n) is 10.4. The maximum absolute atomic E-state index is 11.9. The third-order valence-corrected chi connectivity index (χ3v) is 2.74. The zero-order valence-corrected chi connectivity index (χ0v) is 10.4. The summed E-state index contributed by atoms with van der Waals surface area (Å²) in [5, 5.41) is 12.5. The molecule has 4 nitrogen and oxygen atoms in total.